The standard InChI is InChI=1S/C18H14Cl3N5O3S/c1-2-25-17(10-3-5-12(19)14(21)7-10)23-24-18(25)30-9-16(27)22-11-4-6-13(20)15(8-11)26(28)29/h3-8H,2,9H2,1H3,(H,22,27). The van der Waals surface area contributed by atoms with Gasteiger partial charge in [0, 0.05) is 23.9 Å². The summed E-state index contributed by atoms with van der Waals surface area (Å²) >= 11 is 19.0. The minimum absolute atomic E-state index is 0.00162. The van der Waals surface area contributed by atoms with Gasteiger partial charge in [0.2, 0.25) is 5.91 Å². The van der Waals surface area contributed by atoms with E-state index in [1.165, 1.54) is 30.0 Å². The van der Waals surface area contributed by atoms with E-state index in [0.29, 0.717) is 27.6 Å². The average Bonchev–Trinajstić information content (AvgIpc) is 3.12. The summed E-state index contributed by atoms with van der Waals surface area (Å²) in [6.45, 7) is 2.51. The Kier molecular flexibility index (Phi) is 7.19. The molecule has 2 aromatic carbocycles. The number of hydrogen-bond acceptors (Lipinski definition) is 6. The Balaban J connectivity index is 1.71. The van der Waals surface area contributed by atoms with Crippen molar-refractivity contribution in [2.24, 2.45) is 0 Å². The van der Waals surface area contributed by atoms with E-state index in [1.54, 1.807) is 18.2 Å². The molecule has 0 aliphatic heterocycles. The molecule has 156 valence electrons. The first-order chi connectivity index (χ1) is 14.3. The molecule has 1 heterocycles. The van der Waals surface area contributed by atoms with Gasteiger partial charge in [-0.05, 0) is 37.3 Å². The second-order valence-electron chi connectivity index (χ2n) is 5.94. The number of amides is 1. The zero-order chi connectivity index (χ0) is 21.8. The van der Waals surface area contributed by atoms with E-state index in [4.69, 9.17) is 34.8 Å². The number of hydrogen-bond donors (Lipinski definition) is 1. The average molecular weight is 487 g/mol. The van der Waals surface area contributed by atoms with Crippen LogP contribution in [0.5, 0.6) is 0 Å². The number of nitro benzene ring substituents is 1. The molecule has 0 bridgehead atoms. The molecule has 1 N–H and O–H groups in total. The molecular formula is C18H14Cl3N5O3S. The van der Waals surface area contributed by atoms with Gasteiger partial charge in [0.15, 0.2) is 11.0 Å². The lowest BCUT2D eigenvalue weighted by atomic mass is 10.2. The summed E-state index contributed by atoms with van der Waals surface area (Å²) in [7, 11) is 0. The Labute approximate surface area is 190 Å². The first-order valence-corrected chi connectivity index (χ1v) is 10.7. The number of carbonyl (C=O) groups excluding carboxylic acids is 1. The van der Waals surface area contributed by atoms with Crippen molar-refractivity contribution in [1.82, 2.24) is 14.8 Å². The van der Waals surface area contributed by atoms with Crippen molar-refractivity contribution in [1.29, 1.82) is 0 Å². The van der Waals surface area contributed by atoms with Gasteiger partial charge in [0.05, 0.1) is 20.7 Å². The Hall–Kier alpha value is -2.33. The first-order valence-electron chi connectivity index (χ1n) is 8.55. The summed E-state index contributed by atoms with van der Waals surface area (Å²) in [5.74, 6) is 0.293. The van der Waals surface area contributed by atoms with Crippen LogP contribution in [-0.2, 0) is 11.3 Å². The number of nitrogens with zero attached hydrogens (tertiary/aromatic N) is 4. The first kappa shape index (κ1) is 22.4. The van der Waals surface area contributed by atoms with E-state index in [2.05, 4.69) is 15.5 Å². The highest BCUT2D eigenvalue weighted by atomic mass is 35.5. The van der Waals surface area contributed by atoms with Crippen LogP contribution < -0.4 is 5.32 Å². The van der Waals surface area contributed by atoms with Crippen molar-refractivity contribution in [2.45, 2.75) is 18.6 Å². The molecule has 1 aromatic heterocycles. The SMILES string of the molecule is CCn1c(SCC(=O)Nc2ccc(Cl)c([N+](=O)[O-])c2)nnc1-c1ccc(Cl)c(Cl)c1. The van der Waals surface area contributed by atoms with Gasteiger partial charge in [0.25, 0.3) is 5.69 Å². The van der Waals surface area contributed by atoms with Crippen LogP contribution in [0.25, 0.3) is 11.4 Å². The number of nitro groups is 1. The maximum atomic E-state index is 12.3. The number of thioether (sulfide) groups is 1. The minimum atomic E-state index is -0.610. The molecule has 3 rings (SSSR count). The van der Waals surface area contributed by atoms with Crippen LogP contribution in [0.2, 0.25) is 15.1 Å². The summed E-state index contributed by atoms with van der Waals surface area (Å²) in [5, 5.41) is 23.3. The highest BCUT2D eigenvalue weighted by molar-refractivity contribution is 7.99. The number of benzene rings is 2. The highest BCUT2D eigenvalue weighted by Crippen LogP contribution is 2.30. The molecule has 0 aliphatic carbocycles. The second kappa shape index (κ2) is 9.65. The molecule has 0 atom stereocenters. The molecule has 0 unspecified atom stereocenters. The molecule has 0 spiro atoms. The van der Waals surface area contributed by atoms with E-state index in [-0.39, 0.29) is 28.1 Å². The number of rotatable bonds is 7. The van der Waals surface area contributed by atoms with Crippen molar-refractivity contribution in [2.75, 3.05) is 11.1 Å². The van der Waals surface area contributed by atoms with Crippen molar-refractivity contribution < 1.29 is 9.72 Å². The van der Waals surface area contributed by atoms with Gasteiger partial charge in [-0.3, -0.25) is 14.9 Å². The third kappa shape index (κ3) is 5.04. The minimum Gasteiger partial charge on any atom is -0.325 e. The third-order valence-electron chi connectivity index (χ3n) is 3.97. The molecular weight excluding hydrogens is 473 g/mol. The maximum Gasteiger partial charge on any atom is 0.289 e. The van der Waals surface area contributed by atoms with Crippen LogP contribution in [0, 0.1) is 10.1 Å². The normalized spacial score (nSPS) is 10.8. The Morgan fingerprint density at radius 3 is 2.53 bits per heavy atom. The summed E-state index contributed by atoms with van der Waals surface area (Å²) < 4.78 is 1.85. The maximum absolute atomic E-state index is 12.3. The van der Waals surface area contributed by atoms with E-state index in [9.17, 15) is 14.9 Å². The third-order valence-corrected chi connectivity index (χ3v) is 6.00. The van der Waals surface area contributed by atoms with Gasteiger partial charge < -0.3 is 9.88 Å². The fraction of sp³-hybridized carbons (Fsp3) is 0.167. The summed E-state index contributed by atoms with van der Waals surface area (Å²) in [6.07, 6.45) is 0. The molecule has 0 saturated heterocycles. The summed E-state index contributed by atoms with van der Waals surface area (Å²) in [4.78, 5) is 22.6. The number of nitrogens with one attached hydrogen (secondary N) is 1. The molecule has 1 amide bonds. The second-order valence-corrected chi connectivity index (χ2v) is 8.10. The lowest BCUT2D eigenvalue weighted by Crippen LogP contribution is -2.14. The number of carbonyl (C=O) groups is 1. The summed E-state index contributed by atoms with van der Waals surface area (Å²) in [6, 6.07) is 9.24. The lowest BCUT2D eigenvalue weighted by Gasteiger charge is -2.08. The van der Waals surface area contributed by atoms with E-state index in [0.717, 1.165) is 5.56 Å². The topological polar surface area (TPSA) is 103 Å². The van der Waals surface area contributed by atoms with Crippen LogP contribution in [0.15, 0.2) is 41.6 Å². The number of anilines is 1. The van der Waals surface area contributed by atoms with Gasteiger partial charge in [-0.15, -0.1) is 10.2 Å². The Morgan fingerprint density at radius 1 is 1.13 bits per heavy atom. The van der Waals surface area contributed by atoms with Crippen LogP contribution in [-0.4, -0.2) is 31.3 Å². The van der Waals surface area contributed by atoms with Crippen molar-refractivity contribution in [3.8, 4) is 11.4 Å². The van der Waals surface area contributed by atoms with Gasteiger partial charge in [-0.25, -0.2) is 0 Å². The lowest BCUT2D eigenvalue weighted by molar-refractivity contribution is -0.384. The van der Waals surface area contributed by atoms with E-state index in [1.807, 2.05) is 11.5 Å². The summed E-state index contributed by atoms with van der Waals surface area (Å²) in [5.41, 5.74) is 0.757. The van der Waals surface area contributed by atoms with Crippen LogP contribution in [0.3, 0.4) is 0 Å². The molecule has 0 aliphatic rings. The van der Waals surface area contributed by atoms with E-state index < -0.39 is 4.92 Å². The van der Waals surface area contributed by atoms with E-state index >= 15 is 0 Å². The van der Waals surface area contributed by atoms with Gasteiger partial charge in [-0.2, -0.15) is 0 Å². The molecule has 3 aromatic rings. The van der Waals surface area contributed by atoms with Crippen molar-refractivity contribution in [3.63, 3.8) is 0 Å². The fourth-order valence-corrected chi connectivity index (χ4v) is 3.87. The largest absolute Gasteiger partial charge is 0.325 e. The molecule has 0 fully saturated rings. The van der Waals surface area contributed by atoms with Crippen LogP contribution >= 0.6 is 46.6 Å². The molecule has 8 nitrogen and oxygen atoms in total. The zero-order valence-corrected chi connectivity index (χ0v) is 18.5. The predicted molar refractivity (Wildman–Crippen MR) is 119 cm³/mol. The quantitative estimate of drug-likeness (QED) is 0.266. The number of aromatic nitrogens is 3. The van der Waals surface area contributed by atoms with Gasteiger partial charge >= 0.3 is 0 Å². The van der Waals surface area contributed by atoms with Gasteiger partial charge in [-0.1, -0.05) is 46.6 Å². The molecule has 0 saturated carbocycles. The van der Waals surface area contributed by atoms with Crippen LogP contribution in [0.1, 0.15) is 6.92 Å². The Bertz CT molecular complexity index is 1120. The fourth-order valence-electron chi connectivity index (χ4n) is 2.59. The van der Waals surface area contributed by atoms with Crippen LogP contribution in [0.4, 0.5) is 11.4 Å². The number of halogens is 3. The zero-order valence-electron chi connectivity index (χ0n) is 15.4. The smallest absolute Gasteiger partial charge is 0.289 e. The van der Waals surface area contributed by atoms with Crippen molar-refractivity contribution in [3.05, 3.63) is 61.6 Å². The Morgan fingerprint density at radius 2 is 1.87 bits per heavy atom. The molecule has 12 heteroatoms. The van der Waals surface area contributed by atoms with Gasteiger partial charge in [0.1, 0.15) is 5.02 Å². The highest BCUT2D eigenvalue weighted by Gasteiger charge is 2.17. The van der Waals surface area contributed by atoms with Crippen molar-refractivity contribution >= 4 is 63.8 Å². The monoisotopic (exact) mass is 485 g/mol. The predicted octanol–water partition coefficient (Wildman–Crippen LogP) is 5.56. The molecule has 0 radical (unpaired) electrons. The molecule has 30 heavy (non-hydrogen) atoms.